The van der Waals surface area contributed by atoms with Crippen molar-refractivity contribution >= 4 is 77.2 Å². The summed E-state index contributed by atoms with van der Waals surface area (Å²) in [6.07, 6.45) is 0. The lowest BCUT2D eigenvalue weighted by Gasteiger charge is -2.30. The Kier molecular flexibility index (Phi) is 18.9. The third kappa shape index (κ3) is 13.2. The van der Waals surface area contributed by atoms with Crippen molar-refractivity contribution in [3.8, 4) is 122 Å². The fourth-order valence-electron chi connectivity index (χ4n) is 21.3. The molecule has 24 rings (SSSR count). The number of benzene rings is 22. The monoisotopic (exact) mass is 1650 g/mol. The highest BCUT2D eigenvalue weighted by Crippen LogP contribution is 2.59. The molecule has 2 aliphatic carbocycles. The van der Waals surface area contributed by atoms with Gasteiger partial charge in [-0.15, -0.1) is 0 Å². The molecule has 0 heterocycles. The Morgan fingerprint density at radius 1 is 0.154 bits per heavy atom. The van der Waals surface area contributed by atoms with Gasteiger partial charge in [-0.25, -0.2) is 0 Å². The molecule has 22 aromatic rings. The average Bonchev–Trinajstić information content (AvgIpc) is 1.55. The van der Waals surface area contributed by atoms with Crippen LogP contribution in [-0.4, -0.2) is 0 Å². The zero-order valence-corrected chi connectivity index (χ0v) is 72.2. The molecule has 2 unspecified atom stereocenters. The fourth-order valence-corrected chi connectivity index (χ4v) is 21.3. The Morgan fingerprint density at radius 2 is 0.408 bits per heavy atom. The number of fused-ring (bicyclic) bond motifs is 10. The summed E-state index contributed by atoms with van der Waals surface area (Å²) in [4.78, 5) is 4.90. The molecule has 2 nitrogen and oxygen atoms in total. The van der Waals surface area contributed by atoms with Gasteiger partial charge in [0.1, 0.15) is 0 Å². The van der Waals surface area contributed by atoms with Gasteiger partial charge in [-0.05, 0) is 287 Å². The fraction of sp³-hybridized carbons (Fsp3) is 0.0312. The summed E-state index contributed by atoms with van der Waals surface area (Å²) in [7, 11) is 0. The minimum Gasteiger partial charge on any atom is -0.310 e. The van der Waals surface area contributed by atoms with Crippen molar-refractivity contribution in [1.29, 1.82) is 0 Å². The quantitative estimate of drug-likeness (QED) is 0.0896. The van der Waals surface area contributed by atoms with Crippen LogP contribution in [0.1, 0.15) is 47.2 Å². The van der Waals surface area contributed by atoms with E-state index in [1.54, 1.807) is 0 Å². The molecule has 2 aliphatic rings. The highest BCUT2D eigenvalue weighted by atomic mass is 15.2. The molecule has 0 saturated heterocycles. The Morgan fingerprint density at radius 3 is 0.808 bits per heavy atom. The summed E-state index contributed by atoms with van der Waals surface area (Å²) >= 11 is 0. The van der Waals surface area contributed by atoms with Crippen LogP contribution in [0.2, 0.25) is 0 Å². The van der Waals surface area contributed by atoms with Crippen molar-refractivity contribution in [2.75, 3.05) is 9.80 Å². The van der Waals surface area contributed by atoms with Crippen molar-refractivity contribution in [1.82, 2.24) is 0 Å². The molecule has 0 aliphatic heterocycles. The van der Waals surface area contributed by atoms with Crippen molar-refractivity contribution in [3.05, 3.63) is 531 Å². The minimum atomic E-state index is -0.457. The molecule has 610 valence electrons. The maximum atomic E-state index is 2.45. The van der Waals surface area contributed by atoms with Gasteiger partial charge in [-0.1, -0.05) is 413 Å². The van der Waals surface area contributed by atoms with Gasteiger partial charge in [-0.3, -0.25) is 0 Å². The zero-order chi connectivity index (χ0) is 86.4. The maximum Gasteiger partial charge on any atom is 0.0540 e. The Hall–Kier alpha value is -16.5. The van der Waals surface area contributed by atoms with Crippen LogP contribution >= 0.6 is 0 Å². The third-order valence-electron chi connectivity index (χ3n) is 28.1. The summed E-state index contributed by atoms with van der Waals surface area (Å²) in [5, 5.41) is 9.85. The number of hydrogen-bond donors (Lipinski definition) is 0. The van der Waals surface area contributed by atoms with Crippen molar-refractivity contribution in [2.45, 2.75) is 24.7 Å². The Balaban J connectivity index is 0.523. The SMILES string of the molecule is CC1(c2ccccc2)c2ccccc2-c2c(-c3ccccc3N(c3ccc(-c4ccc(-c5cccc6cc(-c7ccc(C8(C)c9ccccc9-c9c(-c%10ccccc%10N(c%10ccc(-c%11ccc(-c%12ccc%13ccccc%13c%12)cc%11)cc%10)c%10ccc(-c%11ccc%12ccccc%12c%11)cc%10)cccc98)cc7)ccc56)cc4)cc3)c3ccc(-c4ccc5ccccc5c4)cc3)cccc21. The second kappa shape index (κ2) is 31.9. The van der Waals surface area contributed by atoms with Crippen molar-refractivity contribution < 1.29 is 0 Å². The van der Waals surface area contributed by atoms with Crippen LogP contribution in [0.25, 0.3) is 165 Å². The van der Waals surface area contributed by atoms with Gasteiger partial charge < -0.3 is 9.80 Å². The molecule has 0 bridgehead atoms. The topological polar surface area (TPSA) is 6.48 Å². The van der Waals surface area contributed by atoms with E-state index in [9.17, 15) is 0 Å². The molecule has 0 saturated carbocycles. The molecule has 0 N–H and O–H groups in total. The first-order valence-electron chi connectivity index (χ1n) is 45.2. The lowest BCUT2D eigenvalue weighted by Crippen LogP contribution is -2.22. The number of nitrogens with zero attached hydrogens (tertiary/aromatic N) is 2. The second-order valence-corrected chi connectivity index (χ2v) is 35.2. The normalized spacial score (nSPS) is 14.1. The van der Waals surface area contributed by atoms with Gasteiger partial charge in [0.2, 0.25) is 0 Å². The van der Waals surface area contributed by atoms with Crippen LogP contribution in [0, 0.1) is 0 Å². The van der Waals surface area contributed by atoms with Crippen molar-refractivity contribution in [2.24, 2.45) is 0 Å². The van der Waals surface area contributed by atoms with E-state index < -0.39 is 5.41 Å². The number of hydrogen-bond acceptors (Lipinski definition) is 2. The predicted octanol–water partition coefficient (Wildman–Crippen LogP) is 34.9. The van der Waals surface area contributed by atoms with Gasteiger partial charge in [0.15, 0.2) is 0 Å². The minimum absolute atomic E-state index is 0.332. The largest absolute Gasteiger partial charge is 0.310 e. The molecule has 0 amide bonds. The highest BCUT2D eigenvalue weighted by molar-refractivity contribution is 6.04. The molecule has 0 aromatic heterocycles. The molecule has 0 fully saturated rings. The van der Waals surface area contributed by atoms with Crippen LogP contribution < -0.4 is 9.80 Å². The molecule has 22 aromatic carbocycles. The van der Waals surface area contributed by atoms with Crippen LogP contribution in [0.15, 0.2) is 497 Å². The number of para-hydroxylation sites is 2. The van der Waals surface area contributed by atoms with Gasteiger partial charge in [-0.2, -0.15) is 0 Å². The molecule has 2 atom stereocenters. The summed E-state index contributed by atoms with van der Waals surface area (Å²) in [5.41, 5.74) is 39.8. The maximum absolute atomic E-state index is 2.45. The molecule has 0 radical (unpaired) electrons. The standard InChI is InChI=1S/C128H88N2/c1-127(105-30-4-3-5-31-105)119-39-16-12-34-117(119)125-115(37-21-41-121(125)127)113-32-14-18-43-123(113)130(110-78-67-95(68-79-110)102-58-53-87-25-8-11-28-99(87)83-102)108-74-63-91(64-75-108)89-49-54-96(55-50-89)111-36-20-29-104-84-103(69-80-112(104)111)93-59-70-106(71-60-93)128(2)120-40-17-13-35-118(120)126-116(38-22-42-122(126)128)114-33-15-19-44-124(114)129(109-76-65-94(66-77-109)101-57-52-86-24-7-10-27-98(86)82-101)107-72-61-90(62-73-107)88-45-47-92(48-46-88)100-56-51-85-23-6-9-26-97(85)81-100/h3-84H,1-2H3. The molecule has 2 heteroatoms. The predicted molar refractivity (Wildman–Crippen MR) is 550 cm³/mol. The summed E-state index contributed by atoms with van der Waals surface area (Å²) in [6.45, 7) is 4.84. The first kappa shape index (κ1) is 77.1. The summed E-state index contributed by atoms with van der Waals surface area (Å²) in [5.74, 6) is 0. The van der Waals surface area contributed by atoms with Crippen LogP contribution in [0.4, 0.5) is 34.1 Å². The van der Waals surface area contributed by atoms with E-state index in [2.05, 4.69) is 521 Å². The lowest BCUT2D eigenvalue weighted by molar-refractivity contribution is 0.714. The highest BCUT2D eigenvalue weighted by Gasteiger charge is 2.44. The van der Waals surface area contributed by atoms with E-state index in [1.807, 2.05) is 0 Å². The summed E-state index contributed by atoms with van der Waals surface area (Å²) < 4.78 is 0. The van der Waals surface area contributed by atoms with E-state index in [0.717, 1.165) is 56.4 Å². The van der Waals surface area contributed by atoms with E-state index in [1.165, 1.54) is 177 Å². The van der Waals surface area contributed by atoms with Crippen LogP contribution in [0.3, 0.4) is 0 Å². The van der Waals surface area contributed by atoms with Crippen molar-refractivity contribution in [3.63, 3.8) is 0 Å². The van der Waals surface area contributed by atoms with Crippen LogP contribution in [0.5, 0.6) is 0 Å². The van der Waals surface area contributed by atoms with Gasteiger partial charge in [0, 0.05) is 44.7 Å². The first-order valence-corrected chi connectivity index (χ1v) is 45.2. The van der Waals surface area contributed by atoms with Crippen LogP contribution in [-0.2, 0) is 10.8 Å². The summed E-state index contributed by atoms with van der Waals surface area (Å²) in [6, 6.07) is 185. The Labute approximate surface area is 759 Å². The molecular weight excluding hydrogens is 1570 g/mol. The van der Waals surface area contributed by atoms with E-state index in [-0.39, 0.29) is 5.41 Å². The Bertz CT molecular complexity index is 8130. The molecule has 0 spiro atoms. The van der Waals surface area contributed by atoms with E-state index in [0.29, 0.717) is 0 Å². The third-order valence-corrected chi connectivity index (χ3v) is 28.1. The number of anilines is 6. The zero-order valence-electron chi connectivity index (χ0n) is 72.2. The van der Waals surface area contributed by atoms with Gasteiger partial charge in [0.05, 0.1) is 11.4 Å². The van der Waals surface area contributed by atoms with E-state index in [4.69, 9.17) is 0 Å². The molecular formula is C128H88N2. The average molecular weight is 1650 g/mol. The van der Waals surface area contributed by atoms with Gasteiger partial charge >= 0.3 is 0 Å². The molecule has 130 heavy (non-hydrogen) atoms. The van der Waals surface area contributed by atoms with Gasteiger partial charge in [0.25, 0.3) is 0 Å². The number of rotatable bonds is 17. The lowest BCUT2D eigenvalue weighted by atomic mass is 9.74. The second-order valence-electron chi connectivity index (χ2n) is 35.2. The smallest absolute Gasteiger partial charge is 0.0540 e. The van der Waals surface area contributed by atoms with E-state index >= 15 is 0 Å². The first-order chi connectivity index (χ1) is 64.2.